The highest BCUT2D eigenvalue weighted by atomic mass is 32.2. The number of likely N-dealkylation sites (tertiary alicyclic amines) is 1. The van der Waals surface area contributed by atoms with E-state index in [1.807, 2.05) is 0 Å². The Morgan fingerprint density at radius 2 is 1.92 bits per heavy atom. The maximum absolute atomic E-state index is 12.3. The van der Waals surface area contributed by atoms with Crippen LogP contribution in [0.3, 0.4) is 0 Å². The number of sulfonamides is 1. The number of piperidine rings is 1. The lowest BCUT2D eigenvalue weighted by molar-refractivity contribution is -0.123. The van der Waals surface area contributed by atoms with Crippen LogP contribution in [0.5, 0.6) is 0 Å². The fraction of sp³-hybridized carbons (Fsp3) is 0.375. The number of aromatic nitrogens is 2. The first-order valence-corrected chi connectivity index (χ1v) is 14.1. The number of hydrogen-bond acceptors (Lipinski definition) is 9. The van der Waals surface area contributed by atoms with E-state index in [-0.39, 0.29) is 16.7 Å². The molecule has 10 nitrogen and oxygen atoms in total. The van der Waals surface area contributed by atoms with Crippen molar-refractivity contribution in [3.05, 3.63) is 53.0 Å². The molecule has 0 radical (unpaired) electrons. The zero-order valence-electron chi connectivity index (χ0n) is 20.1. The van der Waals surface area contributed by atoms with Crippen molar-refractivity contribution >= 4 is 38.8 Å². The fourth-order valence-corrected chi connectivity index (χ4v) is 5.97. The molecule has 1 fully saturated rings. The summed E-state index contributed by atoms with van der Waals surface area (Å²) < 4.78 is 27.2. The number of nitrogens with one attached hydrogen (secondary N) is 3. The number of nitrogens with zero attached hydrogens (tertiary/aromatic N) is 3. The van der Waals surface area contributed by atoms with Gasteiger partial charge >= 0.3 is 0 Å². The zero-order valence-corrected chi connectivity index (χ0v) is 21.7. The average molecular weight is 530 g/mol. The number of rotatable bonds is 11. The second kappa shape index (κ2) is 11.9. The first-order chi connectivity index (χ1) is 17.3. The van der Waals surface area contributed by atoms with Crippen LogP contribution in [-0.4, -0.2) is 62.4 Å². The number of amides is 1. The number of carbonyl (C=O) groups excluding carboxylic acids is 1. The molecule has 0 spiro atoms. The molecule has 4 rings (SSSR count). The molecular weight excluding hydrogens is 498 g/mol. The average Bonchev–Trinajstić information content (AvgIpc) is 3.33. The van der Waals surface area contributed by atoms with Gasteiger partial charge in [-0.1, -0.05) is 0 Å². The van der Waals surface area contributed by atoms with Crippen LogP contribution in [0, 0.1) is 5.92 Å². The molecule has 3 heterocycles. The van der Waals surface area contributed by atoms with Gasteiger partial charge in [0.1, 0.15) is 5.82 Å². The molecule has 0 bridgehead atoms. The molecule has 5 N–H and O–H groups in total. The SMILES string of the molecule is CNCCNS(=O)(=O)c1ccc(Nc2cncc(-c3csc(CN4CCC(C(N)=O)CC4)c3)n2)cc1. The molecule has 0 saturated carbocycles. The van der Waals surface area contributed by atoms with Gasteiger partial charge in [-0.3, -0.25) is 14.7 Å². The Balaban J connectivity index is 1.37. The van der Waals surface area contributed by atoms with Crippen LogP contribution >= 0.6 is 11.3 Å². The van der Waals surface area contributed by atoms with E-state index in [1.54, 1.807) is 55.0 Å². The highest BCUT2D eigenvalue weighted by molar-refractivity contribution is 7.89. The van der Waals surface area contributed by atoms with Gasteiger partial charge in [0.2, 0.25) is 15.9 Å². The topological polar surface area (TPSA) is 142 Å². The van der Waals surface area contributed by atoms with Gasteiger partial charge in [0.15, 0.2) is 0 Å². The number of benzene rings is 1. The normalized spacial score (nSPS) is 15.1. The molecule has 0 aliphatic carbocycles. The van der Waals surface area contributed by atoms with E-state index in [1.165, 1.54) is 4.88 Å². The van der Waals surface area contributed by atoms with E-state index >= 15 is 0 Å². The zero-order chi connectivity index (χ0) is 25.5. The third-order valence-corrected chi connectivity index (χ3v) is 8.46. The highest BCUT2D eigenvalue weighted by Crippen LogP contribution is 2.28. The van der Waals surface area contributed by atoms with Gasteiger partial charge in [0.05, 0.1) is 23.0 Å². The third kappa shape index (κ3) is 6.86. The van der Waals surface area contributed by atoms with Crippen LogP contribution in [0.4, 0.5) is 11.5 Å². The predicted octanol–water partition coefficient (Wildman–Crippen LogP) is 2.14. The Labute approximate surface area is 215 Å². The number of anilines is 2. The molecule has 1 aliphatic rings. The molecule has 192 valence electrons. The molecule has 0 unspecified atom stereocenters. The van der Waals surface area contributed by atoms with Gasteiger partial charge in [-0.2, -0.15) is 0 Å². The maximum atomic E-state index is 12.3. The molecule has 1 aromatic carbocycles. The van der Waals surface area contributed by atoms with Crippen molar-refractivity contribution in [2.24, 2.45) is 11.7 Å². The Morgan fingerprint density at radius 1 is 1.17 bits per heavy atom. The van der Waals surface area contributed by atoms with Crippen LogP contribution < -0.4 is 21.1 Å². The van der Waals surface area contributed by atoms with Crippen molar-refractivity contribution in [2.45, 2.75) is 24.3 Å². The Bertz CT molecular complexity index is 1270. The van der Waals surface area contributed by atoms with Gasteiger partial charge < -0.3 is 16.4 Å². The Morgan fingerprint density at radius 3 is 2.61 bits per heavy atom. The molecule has 1 saturated heterocycles. The van der Waals surface area contributed by atoms with E-state index in [0.29, 0.717) is 24.6 Å². The lowest BCUT2D eigenvalue weighted by Gasteiger charge is -2.29. The number of likely N-dealkylation sites (N-methyl/N-ethyl adjacent to an activating group) is 1. The summed E-state index contributed by atoms with van der Waals surface area (Å²) in [5.74, 6) is 0.362. The molecule has 12 heteroatoms. The molecule has 1 amide bonds. The molecular formula is C24H31N7O3S2. The minimum absolute atomic E-state index is 0.00808. The quantitative estimate of drug-likeness (QED) is 0.277. The first kappa shape index (κ1) is 26.2. The summed E-state index contributed by atoms with van der Waals surface area (Å²) in [6.45, 7) is 3.44. The lowest BCUT2D eigenvalue weighted by Crippen LogP contribution is -2.37. The van der Waals surface area contributed by atoms with Crippen LogP contribution in [0.25, 0.3) is 11.3 Å². The van der Waals surface area contributed by atoms with Crippen molar-refractivity contribution in [3.63, 3.8) is 0 Å². The number of primary amides is 1. The lowest BCUT2D eigenvalue weighted by atomic mass is 9.96. The Kier molecular flexibility index (Phi) is 8.64. The van der Waals surface area contributed by atoms with Crippen LogP contribution in [0.1, 0.15) is 17.7 Å². The maximum Gasteiger partial charge on any atom is 0.240 e. The summed E-state index contributed by atoms with van der Waals surface area (Å²) >= 11 is 1.68. The van der Waals surface area contributed by atoms with Crippen molar-refractivity contribution in [3.8, 4) is 11.3 Å². The number of nitrogens with two attached hydrogens (primary N) is 1. The van der Waals surface area contributed by atoms with E-state index in [4.69, 9.17) is 5.73 Å². The second-order valence-electron chi connectivity index (χ2n) is 8.69. The molecule has 0 atom stereocenters. The third-order valence-electron chi connectivity index (χ3n) is 6.06. The monoisotopic (exact) mass is 529 g/mol. The largest absolute Gasteiger partial charge is 0.369 e. The van der Waals surface area contributed by atoms with Crippen LogP contribution in [-0.2, 0) is 21.4 Å². The first-order valence-electron chi connectivity index (χ1n) is 11.8. The van der Waals surface area contributed by atoms with Gasteiger partial charge in [0, 0.05) is 47.1 Å². The molecule has 36 heavy (non-hydrogen) atoms. The molecule has 3 aromatic rings. The standard InChI is InChI=1S/C24H31N7O3S2/c1-26-8-9-28-36(33,34)21-4-2-19(3-5-21)29-23-14-27-13-22(30-23)18-12-20(35-16-18)15-31-10-6-17(7-11-31)24(25)32/h2-5,12-14,16-17,26,28H,6-11,15H2,1H3,(H2,25,32)(H,29,30). The Hall–Kier alpha value is -2.90. The summed E-state index contributed by atoms with van der Waals surface area (Å²) in [5.41, 5.74) is 7.89. The molecule has 1 aliphatic heterocycles. The summed E-state index contributed by atoms with van der Waals surface area (Å²) in [7, 11) is -1.78. The van der Waals surface area contributed by atoms with Crippen molar-refractivity contribution in [1.82, 2.24) is 24.9 Å². The predicted molar refractivity (Wildman–Crippen MR) is 141 cm³/mol. The van der Waals surface area contributed by atoms with Gasteiger partial charge in [-0.25, -0.2) is 18.1 Å². The number of hydrogen-bond donors (Lipinski definition) is 4. The van der Waals surface area contributed by atoms with Gasteiger partial charge in [-0.05, 0) is 63.3 Å². The minimum atomic E-state index is -3.55. The van der Waals surface area contributed by atoms with E-state index in [9.17, 15) is 13.2 Å². The second-order valence-corrected chi connectivity index (χ2v) is 11.5. The van der Waals surface area contributed by atoms with E-state index < -0.39 is 10.0 Å². The van der Waals surface area contributed by atoms with Crippen LogP contribution in [0.15, 0.2) is 53.0 Å². The fourth-order valence-electron chi connectivity index (χ4n) is 4.02. The van der Waals surface area contributed by atoms with E-state index in [0.717, 1.165) is 43.7 Å². The summed E-state index contributed by atoms with van der Waals surface area (Å²) in [4.78, 5) is 24.2. The number of carbonyl (C=O) groups is 1. The van der Waals surface area contributed by atoms with Crippen LogP contribution in [0.2, 0.25) is 0 Å². The van der Waals surface area contributed by atoms with E-state index in [2.05, 4.69) is 41.7 Å². The van der Waals surface area contributed by atoms with Crippen molar-refractivity contribution in [2.75, 3.05) is 38.5 Å². The summed E-state index contributed by atoms with van der Waals surface area (Å²) in [6.07, 6.45) is 4.98. The smallest absolute Gasteiger partial charge is 0.240 e. The van der Waals surface area contributed by atoms with Gasteiger partial charge in [0.25, 0.3) is 0 Å². The minimum Gasteiger partial charge on any atom is -0.369 e. The molecule has 2 aromatic heterocycles. The summed E-state index contributed by atoms with van der Waals surface area (Å²) in [5, 5.41) is 8.16. The van der Waals surface area contributed by atoms with Crippen molar-refractivity contribution < 1.29 is 13.2 Å². The summed E-state index contributed by atoms with van der Waals surface area (Å²) in [6, 6.07) is 8.63. The highest BCUT2D eigenvalue weighted by Gasteiger charge is 2.23. The van der Waals surface area contributed by atoms with Gasteiger partial charge in [-0.15, -0.1) is 11.3 Å². The number of thiophene rings is 1. The van der Waals surface area contributed by atoms with Crippen molar-refractivity contribution in [1.29, 1.82) is 0 Å².